The highest BCUT2D eigenvalue weighted by atomic mass is 16.5. The molecule has 1 heterocycles. The molecule has 0 spiro atoms. The van der Waals surface area contributed by atoms with Crippen LogP contribution < -0.4 is 10.1 Å². The Balaban J connectivity index is 1.76. The van der Waals surface area contributed by atoms with Crippen molar-refractivity contribution < 1.29 is 14.3 Å². The molecule has 1 aromatic rings. The molecule has 0 bridgehead atoms. The Bertz CT molecular complexity index is 676. The van der Waals surface area contributed by atoms with Gasteiger partial charge in [-0.15, -0.1) is 0 Å². The monoisotopic (exact) mass is 298 g/mol. The number of dihydropyridines is 1. The summed E-state index contributed by atoms with van der Waals surface area (Å²) in [4.78, 5) is 28.6. The summed E-state index contributed by atoms with van der Waals surface area (Å²) in [6, 6.07) is 7.05. The summed E-state index contributed by atoms with van der Waals surface area (Å²) in [6.07, 6.45) is 5.66. The van der Waals surface area contributed by atoms with Gasteiger partial charge in [0.1, 0.15) is 11.7 Å². The van der Waals surface area contributed by atoms with Crippen molar-refractivity contribution in [3.63, 3.8) is 0 Å². The first kappa shape index (κ1) is 14.5. The maximum atomic E-state index is 12.4. The van der Waals surface area contributed by atoms with Gasteiger partial charge in [0.05, 0.1) is 7.11 Å². The molecule has 5 heteroatoms. The first-order chi connectivity index (χ1) is 10.7. The number of fused-ring (bicyclic) bond motifs is 1. The molecule has 1 unspecified atom stereocenters. The maximum Gasteiger partial charge on any atom is 0.262 e. The minimum Gasteiger partial charge on any atom is -0.497 e. The van der Waals surface area contributed by atoms with Crippen LogP contribution in [0, 0.1) is 5.92 Å². The lowest BCUT2D eigenvalue weighted by Gasteiger charge is -2.23. The average Bonchev–Trinajstić information content (AvgIpc) is 2.54. The molecule has 1 N–H and O–H groups in total. The fraction of sp³-hybridized carbons (Fsp3) is 0.353. The third-order valence-electron chi connectivity index (χ3n) is 3.98. The van der Waals surface area contributed by atoms with E-state index in [1.165, 1.54) is 0 Å². The van der Waals surface area contributed by atoms with Crippen LogP contribution in [-0.4, -0.2) is 24.6 Å². The summed E-state index contributed by atoms with van der Waals surface area (Å²) in [6.45, 7) is 0. The molecule has 0 saturated heterocycles. The van der Waals surface area contributed by atoms with Gasteiger partial charge in [-0.1, -0.05) is 12.1 Å². The molecule has 1 fully saturated rings. The van der Waals surface area contributed by atoms with E-state index in [0.717, 1.165) is 37.0 Å². The predicted octanol–water partition coefficient (Wildman–Crippen LogP) is 2.73. The van der Waals surface area contributed by atoms with E-state index in [-0.39, 0.29) is 11.8 Å². The Kier molecular flexibility index (Phi) is 4.04. The van der Waals surface area contributed by atoms with Gasteiger partial charge in [-0.2, -0.15) is 0 Å². The zero-order valence-electron chi connectivity index (χ0n) is 12.5. The molecule has 1 saturated carbocycles. The van der Waals surface area contributed by atoms with Gasteiger partial charge in [-0.05, 0) is 43.4 Å². The van der Waals surface area contributed by atoms with Crippen molar-refractivity contribution in [2.75, 3.05) is 12.4 Å². The van der Waals surface area contributed by atoms with Gasteiger partial charge in [-0.3, -0.25) is 9.59 Å². The second-order valence-electron chi connectivity index (χ2n) is 5.49. The van der Waals surface area contributed by atoms with Crippen molar-refractivity contribution in [1.82, 2.24) is 0 Å². The van der Waals surface area contributed by atoms with E-state index in [4.69, 9.17) is 4.74 Å². The summed E-state index contributed by atoms with van der Waals surface area (Å²) in [5, 5.41) is 2.76. The Labute approximate surface area is 129 Å². The maximum absolute atomic E-state index is 12.4. The minimum atomic E-state index is -0.831. The number of methoxy groups -OCH3 is 1. The normalized spacial score (nSPS) is 20.6. The van der Waals surface area contributed by atoms with E-state index in [9.17, 15) is 9.59 Å². The molecule has 1 aromatic carbocycles. The Hall–Kier alpha value is -2.43. The van der Waals surface area contributed by atoms with E-state index in [0.29, 0.717) is 11.4 Å². The molecule has 2 amide bonds. The number of anilines is 1. The molecule has 114 valence electrons. The van der Waals surface area contributed by atoms with Gasteiger partial charge < -0.3 is 10.1 Å². The van der Waals surface area contributed by atoms with Gasteiger partial charge in [-0.25, -0.2) is 4.99 Å². The van der Waals surface area contributed by atoms with E-state index in [2.05, 4.69) is 10.3 Å². The molecule has 22 heavy (non-hydrogen) atoms. The molecule has 1 aliphatic heterocycles. The largest absolute Gasteiger partial charge is 0.497 e. The van der Waals surface area contributed by atoms with Crippen LogP contribution in [0.15, 0.2) is 40.9 Å². The zero-order valence-corrected chi connectivity index (χ0v) is 12.5. The molecule has 0 radical (unpaired) electrons. The quantitative estimate of drug-likeness (QED) is 0.872. The molecule has 2 aliphatic rings. The number of carbonyl (C=O) groups is 2. The van der Waals surface area contributed by atoms with Gasteiger partial charge in [0.15, 0.2) is 0 Å². The predicted molar refractivity (Wildman–Crippen MR) is 84.1 cm³/mol. The zero-order chi connectivity index (χ0) is 15.5. The second kappa shape index (κ2) is 6.13. The van der Waals surface area contributed by atoms with Crippen molar-refractivity contribution in [2.45, 2.75) is 25.7 Å². The molecule has 0 aromatic heterocycles. The number of nitrogens with one attached hydrogen (secondary N) is 1. The number of hydrogen-bond donors (Lipinski definition) is 1. The van der Waals surface area contributed by atoms with Crippen LogP contribution >= 0.6 is 0 Å². The average molecular weight is 298 g/mol. The van der Waals surface area contributed by atoms with Crippen LogP contribution in [0.3, 0.4) is 0 Å². The first-order valence-corrected chi connectivity index (χ1v) is 7.45. The van der Waals surface area contributed by atoms with Crippen molar-refractivity contribution in [3.05, 3.63) is 35.9 Å². The number of hydrogen-bond acceptors (Lipinski definition) is 3. The summed E-state index contributed by atoms with van der Waals surface area (Å²) in [5.41, 5.74) is 2.52. The van der Waals surface area contributed by atoms with Crippen LogP contribution in [0.1, 0.15) is 25.7 Å². The number of ether oxygens (including phenoxy) is 1. The van der Waals surface area contributed by atoms with Crippen LogP contribution in [0.5, 0.6) is 5.75 Å². The SMILES string of the molecule is COc1cccc(NC(=O)C2C=C3CCCCC3=NC2=O)c1. The topological polar surface area (TPSA) is 67.8 Å². The van der Waals surface area contributed by atoms with Gasteiger partial charge in [0.25, 0.3) is 5.91 Å². The molecular weight excluding hydrogens is 280 g/mol. The van der Waals surface area contributed by atoms with Gasteiger partial charge >= 0.3 is 0 Å². The fourth-order valence-electron chi connectivity index (χ4n) is 2.80. The number of carbonyl (C=O) groups excluding carboxylic acids is 2. The summed E-state index contributed by atoms with van der Waals surface area (Å²) in [7, 11) is 1.56. The van der Waals surface area contributed by atoms with Crippen molar-refractivity contribution in [2.24, 2.45) is 10.9 Å². The number of amides is 2. The molecule has 1 atom stereocenters. The van der Waals surface area contributed by atoms with E-state index < -0.39 is 5.92 Å². The van der Waals surface area contributed by atoms with Crippen LogP contribution in [0.4, 0.5) is 5.69 Å². The molecule has 5 nitrogen and oxygen atoms in total. The molecule has 1 aliphatic carbocycles. The highest BCUT2D eigenvalue weighted by Gasteiger charge is 2.31. The fourth-order valence-corrected chi connectivity index (χ4v) is 2.80. The van der Waals surface area contributed by atoms with E-state index in [1.807, 2.05) is 0 Å². The second-order valence-corrected chi connectivity index (χ2v) is 5.49. The van der Waals surface area contributed by atoms with E-state index in [1.54, 1.807) is 37.5 Å². The van der Waals surface area contributed by atoms with Gasteiger partial charge in [0, 0.05) is 17.5 Å². The standard InChI is InChI=1S/C17H18N2O3/c1-22-13-7-4-6-12(10-13)18-16(20)14-9-11-5-2-3-8-15(11)19-17(14)21/h4,6-7,9-10,14H,2-3,5,8H2,1H3,(H,18,20). The van der Waals surface area contributed by atoms with Crippen molar-refractivity contribution >= 4 is 23.2 Å². The lowest BCUT2D eigenvalue weighted by atomic mass is 9.87. The molecular formula is C17H18N2O3. The van der Waals surface area contributed by atoms with Crippen LogP contribution in [-0.2, 0) is 9.59 Å². The first-order valence-electron chi connectivity index (χ1n) is 7.45. The van der Waals surface area contributed by atoms with Crippen LogP contribution in [0.25, 0.3) is 0 Å². The Morgan fingerprint density at radius 3 is 2.95 bits per heavy atom. The van der Waals surface area contributed by atoms with Crippen LogP contribution in [0.2, 0.25) is 0 Å². The number of allylic oxidation sites excluding steroid dienone is 1. The lowest BCUT2D eigenvalue weighted by molar-refractivity contribution is -0.128. The number of nitrogens with zero attached hydrogens (tertiary/aromatic N) is 1. The molecule has 3 rings (SSSR count). The van der Waals surface area contributed by atoms with Crippen molar-refractivity contribution in [3.8, 4) is 5.75 Å². The third kappa shape index (κ3) is 2.93. The summed E-state index contributed by atoms with van der Waals surface area (Å²) in [5.74, 6) is -0.901. The summed E-state index contributed by atoms with van der Waals surface area (Å²) < 4.78 is 5.12. The highest BCUT2D eigenvalue weighted by Crippen LogP contribution is 2.27. The Morgan fingerprint density at radius 2 is 2.14 bits per heavy atom. The van der Waals surface area contributed by atoms with E-state index >= 15 is 0 Å². The number of aliphatic imine (C=N–C) groups is 1. The number of benzene rings is 1. The van der Waals surface area contributed by atoms with Crippen molar-refractivity contribution in [1.29, 1.82) is 0 Å². The smallest absolute Gasteiger partial charge is 0.262 e. The summed E-state index contributed by atoms with van der Waals surface area (Å²) >= 11 is 0. The lowest BCUT2D eigenvalue weighted by Crippen LogP contribution is -2.32. The number of rotatable bonds is 3. The minimum absolute atomic E-state index is 0.348. The third-order valence-corrected chi connectivity index (χ3v) is 3.98. The highest BCUT2D eigenvalue weighted by molar-refractivity contribution is 6.17. The van der Waals surface area contributed by atoms with Gasteiger partial charge in [0.2, 0.25) is 5.91 Å². The Morgan fingerprint density at radius 1 is 1.32 bits per heavy atom.